The molecular weight excluding hydrogens is 192 g/mol. The van der Waals surface area contributed by atoms with Crippen LogP contribution in [0.15, 0.2) is 30.3 Å². The molecule has 15 heavy (non-hydrogen) atoms. The minimum Gasteiger partial charge on any atom is -0.481 e. The standard InChI is InChI=1S/C11H14N2O2/c14-10(15)6-11(7-12-8-11)13-9-4-2-1-3-5-9/h1-5,12-13H,6-8H2,(H,14,15). The van der Waals surface area contributed by atoms with Gasteiger partial charge in [0.25, 0.3) is 0 Å². The molecule has 0 atom stereocenters. The van der Waals surface area contributed by atoms with Crippen molar-refractivity contribution >= 4 is 11.7 Å². The van der Waals surface area contributed by atoms with E-state index in [2.05, 4.69) is 10.6 Å². The Morgan fingerprint density at radius 1 is 1.40 bits per heavy atom. The van der Waals surface area contributed by atoms with E-state index in [9.17, 15) is 4.79 Å². The first-order chi connectivity index (χ1) is 7.20. The highest BCUT2D eigenvalue weighted by atomic mass is 16.4. The maximum Gasteiger partial charge on any atom is 0.305 e. The van der Waals surface area contributed by atoms with Gasteiger partial charge in [0.05, 0.1) is 12.0 Å². The van der Waals surface area contributed by atoms with Crippen LogP contribution in [0.4, 0.5) is 5.69 Å². The van der Waals surface area contributed by atoms with Gasteiger partial charge in [-0.2, -0.15) is 0 Å². The summed E-state index contributed by atoms with van der Waals surface area (Å²) in [5.74, 6) is -0.764. The second-order valence-electron chi connectivity index (χ2n) is 3.95. The van der Waals surface area contributed by atoms with Gasteiger partial charge >= 0.3 is 5.97 Å². The molecule has 0 bridgehead atoms. The van der Waals surface area contributed by atoms with Crippen LogP contribution in [0.25, 0.3) is 0 Å². The number of benzene rings is 1. The van der Waals surface area contributed by atoms with Gasteiger partial charge in [0, 0.05) is 18.8 Å². The molecule has 3 N–H and O–H groups in total. The van der Waals surface area contributed by atoms with Gasteiger partial charge in [0.2, 0.25) is 0 Å². The lowest BCUT2D eigenvalue weighted by Gasteiger charge is -2.43. The molecule has 0 amide bonds. The van der Waals surface area contributed by atoms with Gasteiger partial charge in [-0.25, -0.2) is 0 Å². The van der Waals surface area contributed by atoms with Crippen molar-refractivity contribution in [1.29, 1.82) is 0 Å². The van der Waals surface area contributed by atoms with Crippen molar-refractivity contribution in [2.24, 2.45) is 0 Å². The number of carbonyl (C=O) groups is 1. The summed E-state index contributed by atoms with van der Waals surface area (Å²) in [6.45, 7) is 1.41. The summed E-state index contributed by atoms with van der Waals surface area (Å²) in [7, 11) is 0. The molecule has 1 aromatic carbocycles. The van der Waals surface area contributed by atoms with E-state index < -0.39 is 5.97 Å². The van der Waals surface area contributed by atoms with Crippen molar-refractivity contribution in [2.75, 3.05) is 18.4 Å². The number of carboxylic acid groups (broad SMARTS) is 1. The fourth-order valence-electron chi connectivity index (χ4n) is 1.80. The second kappa shape index (κ2) is 3.90. The predicted octanol–water partition coefficient (Wildman–Crippen LogP) is 0.915. The van der Waals surface area contributed by atoms with Gasteiger partial charge in [-0.3, -0.25) is 4.79 Å². The van der Waals surface area contributed by atoms with E-state index >= 15 is 0 Å². The Hall–Kier alpha value is -1.55. The number of nitrogens with one attached hydrogen (secondary N) is 2. The van der Waals surface area contributed by atoms with E-state index in [0.29, 0.717) is 13.1 Å². The van der Waals surface area contributed by atoms with Gasteiger partial charge < -0.3 is 15.7 Å². The number of aliphatic carboxylic acids is 1. The first-order valence-electron chi connectivity index (χ1n) is 4.96. The van der Waals surface area contributed by atoms with Crippen LogP contribution in [0, 0.1) is 0 Å². The van der Waals surface area contributed by atoms with Crippen LogP contribution in [0.5, 0.6) is 0 Å². The van der Waals surface area contributed by atoms with E-state index in [1.165, 1.54) is 0 Å². The first-order valence-corrected chi connectivity index (χ1v) is 4.96. The third-order valence-electron chi connectivity index (χ3n) is 2.60. The van der Waals surface area contributed by atoms with Crippen LogP contribution in [0.3, 0.4) is 0 Å². The van der Waals surface area contributed by atoms with Gasteiger partial charge in [-0.15, -0.1) is 0 Å². The van der Waals surface area contributed by atoms with E-state index in [-0.39, 0.29) is 12.0 Å². The lowest BCUT2D eigenvalue weighted by atomic mass is 9.88. The van der Waals surface area contributed by atoms with Crippen LogP contribution >= 0.6 is 0 Å². The van der Waals surface area contributed by atoms with Crippen molar-refractivity contribution < 1.29 is 9.90 Å². The van der Waals surface area contributed by atoms with E-state index in [0.717, 1.165) is 5.69 Å². The second-order valence-corrected chi connectivity index (χ2v) is 3.95. The maximum atomic E-state index is 10.7. The smallest absolute Gasteiger partial charge is 0.305 e. The molecule has 2 rings (SSSR count). The summed E-state index contributed by atoms with van der Waals surface area (Å²) in [5.41, 5.74) is 0.660. The molecule has 0 saturated carbocycles. The number of hydrogen-bond donors (Lipinski definition) is 3. The normalized spacial score (nSPS) is 17.9. The Morgan fingerprint density at radius 2 is 2.07 bits per heavy atom. The van der Waals surface area contributed by atoms with E-state index in [1.807, 2.05) is 30.3 Å². The lowest BCUT2D eigenvalue weighted by molar-refractivity contribution is -0.138. The molecule has 0 aliphatic carbocycles. The van der Waals surface area contributed by atoms with Crippen molar-refractivity contribution in [2.45, 2.75) is 12.0 Å². The fourth-order valence-corrected chi connectivity index (χ4v) is 1.80. The number of para-hydroxylation sites is 1. The molecule has 1 fully saturated rings. The number of anilines is 1. The molecule has 1 aromatic rings. The van der Waals surface area contributed by atoms with Crippen molar-refractivity contribution in [3.63, 3.8) is 0 Å². The zero-order chi connectivity index (χ0) is 10.7. The van der Waals surface area contributed by atoms with Gasteiger partial charge in [0.15, 0.2) is 0 Å². The summed E-state index contributed by atoms with van der Waals surface area (Å²) in [6.07, 6.45) is 0.148. The molecule has 0 unspecified atom stereocenters. The minimum absolute atomic E-state index is 0.148. The van der Waals surface area contributed by atoms with E-state index in [1.54, 1.807) is 0 Å². The third-order valence-corrected chi connectivity index (χ3v) is 2.60. The molecule has 1 heterocycles. The molecule has 1 saturated heterocycles. The Kier molecular flexibility index (Phi) is 2.60. The van der Waals surface area contributed by atoms with Crippen LogP contribution in [0.2, 0.25) is 0 Å². The molecule has 1 aliphatic rings. The molecule has 0 aromatic heterocycles. The monoisotopic (exact) mass is 206 g/mol. The Labute approximate surface area is 88.3 Å². The van der Waals surface area contributed by atoms with Crippen LogP contribution in [-0.4, -0.2) is 29.7 Å². The molecule has 0 spiro atoms. The average molecular weight is 206 g/mol. The number of rotatable bonds is 4. The van der Waals surface area contributed by atoms with Gasteiger partial charge in [-0.05, 0) is 12.1 Å². The molecule has 1 aliphatic heterocycles. The molecule has 0 radical (unpaired) electrons. The van der Waals surface area contributed by atoms with E-state index in [4.69, 9.17) is 5.11 Å². The SMILES string of the molecule is O=C(O)CC1(Nc2ccccc2)CNC1. The Balaban J connectivity index is 2.05. The van der Waals surface area contributed by atoms with Crippen LogP contribution in [-0.2, 0) is 4.79 Å². The highest BCUT2D eigenvalue weighted by molar-refractivity contribution is 5.70. The van der Waals surface area contributed by atoms with Crippen LogP contribution < -0.4 is 10.6 Å². The van der Waals surface area contributed by atoms with Crippen molar-refractivity contribution in [1.82, 2.24) is 5.32 Å². The van der Waals surface area contributed by atoms with Gasteiger partial charge in [0.1, 0.15) is 0 Å². The molecule has 80 valence electrons. The first kappa shape index (κ1) is 9.98. The zero-order valence-electron chi connectivity index (χ0n) is 8.36. The molecule has 4 heteroatoms. The minimum atomic E-state index is -0.764. The molecular formula is C11H14N2O2. The number of hydrogen-bond acceptors (Lipinski definition) is 3. The Morgan fingerprint density at radius 3 is 2.53 bits per heavy atom. The Bertz CT molecular complexity index is 347. The lowest BCUT2D eigenvalue weighted by Crippen LogP contribution is -2.65. The fraction of sp³-hybridized carbons (Fsp3) is 0.364. The number of carboxylic acids is 1. The van der Waals surface area contributed by atoms with Gasteiger partial charge in [-0.1, -0.05) is 18.2 Å². The summed E-state index contributed by atoms with van der Waals surface area (Å²) in [4.78, 5) is 10.7. The van der Waals surface area contributed by atoms with Crippen molar-refractivity contribution in [3.05, 3.63) is 30.3 Å². The maximum absolute atomic E-state index is 10.7. The predicted molar refractivity (Wildman–Crippen MR) is 57.9 cm³/mol. The topological polar surface area (TPSA) is 61.4 Å². The quantitative estimate of drug-likeness (QED) is 0.685. The van der Waals surface area contributed by atoms with Crippen molar-refractivity contribution in [3.8, 4) is 0 Å². The third kappa shape index (κ3) is 2.27. The van der Waals surface area contributed by atoms with Crippen LogP contribution in [0.1, 0.15) is 6.42 Å². The highest BCUT2D eigenvalue weighted by Gasteiger charge is 2.38. The molecule has 4 nitrogen and oxygen atoms in total. The largest absolute Gasteiger partial charge is 0.481 e. The summed E-state index contributed by atoms with van der Waals surface area (Å²) in [6, 6.07) is 9.70. The summed E-state index contributed by atoms with van der Waals surface area (Å²) >= 11 is 0. The highest BCUT2D eigenvalue weighted by Crippen LogP contribution is 2.22. The zero-order valence-corrected chi connectivity index (χ0v) is 8.36. The summed E-state index contributed by atoms with van der Waals surface area (Å²) < 4.78 is 0. The average Bonchev–Trinajstić information content (AvgIpc) is 2.15. The summed E-state index contributed by atoms with van der Waals surface area (Å²) in [5, 5.41) is 15.2.